The number of hydrogen-bond donors (Lipinski definition) is 0. The predicted molar refractivity (Wildman–Crippen MR) is 63.1 cm³/mol. The van der Waals surface area contributed by atoms with Crippen LogP contribution in [-0.2, 0) is 9.47 Å². The van der Waals surface area contributed by atoms with Crippen molar-refractivity contribution in [1.29, 1.82) is 0 Å². The van der Waals surface area contributed by atoms with Gasteiger partial charge in [0.1, 0.15) is 0 Å². The van der Waals surface area contributed by atoms with Crippen LogP contribution in [0.3, 0.4) is 0 Å². The molecule has 90 valence electrons. The van der Waals surface area contributed by atoms with E-state index < -0.39 is 0 Å². The van der Waals surface area contributed by atoms with Crippen LogP contribution in [0.25, 0.3) is 0 Å². The highest BCUT2D eigenvalue weighted by molar-refractivity contribution is 4.68. The van der Waals surface area contributed by atoms with Crippen molar-refractivity contribution in [2.24, 2.45) is 0 Å². The summed E-state index contributed by atoms with van der Waals surface area (Å²) < 4.78 is 10.1. The van der Waals surface area contributed by atoms with Crippen LogP contribution in [0.15, 0.2) is 0 Å². The molecule has 2 nitrogen and oxygen atoms in total. The average Bonchev–Trinajstić information content (AvgIpc) is 3.11. The van der Waals surface area contributed by atoms with Gasteiger partial charge in [0.05, 0.1) is 25.4 Å². The zero-order valence-electron chi connectivity index (χ0n) is 10.3. The van der Waals surface area contributed by atoms with Crippen LogP contribution < -0.4 is 0 Å². The lowest BCUT2D eigenvalue weighted by atomic mass is 10.2. The van der Waals surface area contributed by atoms with E-state index in [-0.39, 0.29) is 0 Å². The molecule has 0 aromatic heterocycles. The van der Waals surface area contributed by atoms with E-state index in [9.17, 15) is 0 Å². The lowest BCUT2D eigenvalue weighted by molar-refractivity contribution is 0.389. The molecule has 0 radical (unpaired) electrons. The summed E-state index contributed by atoms with van der Waals surface area (Å²) in [4.78, 5) is 0. The van der Waals surface area contributed by atoms with Gasteiger partial charge < -0.3 is 9.47 Å². The highest BCUT2D eigenvalue weighted by Crippen LogP contribution is 2.16. The Morgan fingerprint density at radius 3 is 1.67 bits per heavy atom. The predicted octanol–water partition coefficient (Wildman–Crippen LogP) is 3.54. The first-order chi connectivity index (χ1) is 7.36. The summed E-state index contributed by atoms with van der Waals surface area (Å²) in [7, 11) is 0. The van der Waals surface area contributed by atoms with Crippen molar-refractivity contribution in [3.8, 4) is 0 Å². The molecule has 0 N–H and O–H groups in total. The molecule has 2 fully saturated rings. The van der Waals surface area contributed by atoms with Gasteiger partial charge in [-0.15, -0.1) is 0 Å². The molecule has 0 spiro atoms. The Labute approximate surface area is 94.3 Å². The first-order valence-corrected chi connectivity index (χ1v) is 6.60. The normalized spacial score (nSPS) is 26.8. The van der Waals surface area contributed by atoms with Gasteiger partial charge in [-0.25, -0.2) is 0 Å². The maximum Gasteiger partial charge on any atom is 0.0810 e. The molecule has 2 unspecified atom stereocenters. The summed E-state index contributed by atoms with van der Waals surface area (Å²) in [5.74, 6) is 0. The lowest BCUT2D eigenvalue weighted by Gasteiger charge is -1.90. The van der Waals surface area contributed by atoms with Crippen LogP contribution in [0, 0.1) is 0 Å². The minimum absolute atomic E-state index is 0.653. The van der Waals surface area contributed by atoms with Gasteiger partial charge >= 0.3 is 0 Å². The Morgan fingerprint density at radius 2 is 1.27 bits per heavy atom. The van der Waals surface area contributed by atoms with Gasteiger partial charge in [0.15, 0.2) is 0 Å². The highest BCUT2D eigenvalue weighted by Gasteiger charge is 2.21. The van der Waals surface area contributed by atoms with E-state index >= 15 is 0 Å². The maximum atomic E-state index is 5.06. The van der Waals surface area contributed by atoms with Crippen LogP contribution in [-0.4, -0.2) is 25.4 Å². The third-order valence-electron chi connectivity index (χ3n) is 2.81. The number of ether oxygens (including phenoxy) is 2. The topological polar surface area (TPSA) is 25.1 Å². The van der Waals surface area contributed by atoms with Crippen LogP contribution in [0.4, 0.5) is 0 Å². The molecule has 2 rings (SSSR count). The van der Waals surface area contributed by atoms with Crippen LogP contribution in [0.5, 0.6) is 0 Å². The second-order valence-electron chi connectivity index (χ2n) is 4.55. The van der Waals surface area contributed by atoms with Crippen LogP contribution in [0.1, 0.15) is 58.8 Å². The molecule has 2 aliphatic heterocycles. The molecule has 0 aromatic rings. The van der Waals surface area contributed by atoms with E-state index in [1.165, 1.54) is 44.9 Å². The van der Waals surface area contributed by atoms with E-state index in [4.69, 9.17) is 9.47 Å². The molecule has 0 bridgehead atoms. The van der Waals surface area contributed by atoms with Gasteiger partial charge in [0.25, 0.3) is 0 Å². The second kappa shape index (κ2) is 8.12. The first kappa shape index (κ1) is 13.0. The van der Waals surface area contributed by atoms with Crippen molar-refractivity contribution in [1.82, 2.24) is 0 Å². The molecule has 0 aliphatic carbocycles. The highest BCUT2D eigenvalue weighted by atomic mass is 16.6. The molecule has 2 heteroatoms. The standard InChI is InChI=1S/C7H14O.C6H12O/c1-2-3-4-5-7-6-8-7;1-2-3-4-6-5-7-6/h7H,2-6H2,1H3;6H,2-5H2,1H3. The number of hydrogen-bond acceptors (Lipinski definition) is 2. The van der Waals surface area contributed by atoms with Gasteiger partial charge in [-0.1, -0.05) is 46.0 Å². The second-order valence-corrected chi connectivity index (χ2v) is 4.55. The molecule has 15 heavy (non-hydrogen) atoms. The fraction of sp³-hybridized carbons (Fsp3) is 1.00. The smallest absolute Gasteiger partial charge is 0.0810 e. The van der Waals surface area contributed by atoms with E-state index in [0.29, 0.717) is 12.2 Å². The Kier molecular flexibility index (Phi) is 7.03. The molecule has 0 amide bonds. The first-order valence-electron chi connectivity index (χ1n) is 6.60. The summed E-state index contributed by atoms with van der Waals surface area (Å²) in [6.07, 6.45) is 10.6. The van der Waals surface area contributed by atoms with Gasteiger partial charge in [0.2, 0.25) is 0 Å². The summed E-state index contributed by atoms with van der Waals surface area (Å²) in [5, 5.41) is 0. The quantitative estimate of drug-likeness (QED) is 0.478. The summed E-state index contributed by atoms with van der Waals surface area (Å²) in [6.45, 7) is 6.50. The largest absolute Gasteiger partial charge is 0.373 e. The number of epoxide rings is 2. The Bertz CT molecular complexity index is 139. The third kappa shape index (κ3) is 8.88. The summed E-state index contributed by atoms with van der Waals surface area (Å²) >= 11 is 0. The van der Waals surface area contributed by atoms with Gasteiger partial charge in [-0.2, -0.15) is 0 Å². The van der Waals surface area contributed by atoms with Gasteiger partial charge in [-0.3, -0.25) is 0 Å². The summed E-state index contributed by atoms with van der Waals surface area (Å²) in [6, 6.07) is 0. The number of rotatable bonds is 7. The van der Waals surface area contributed by atoms with Crippen molar-refractivity contribution >= 4 is 0 Å². The molecule has 0 aromatic carbocycles. The molecular weight excluding hydrogens is 188 g/mol. The lowest BCUT2D eigenvalue weighted by Crippen LogP contribution is -1.83. The van der Waals surface area contributed by atoms with E-state index in [0.717, 1.165) is 13.2 Å². The van der Waals surface area contributed by atoms with Crippen molar-refractivity contribution in [3.05, 3.63) is 0 Å². The molecule has 2 atom stereocenters. The monoisotopic (exact) mass is 214 g/mol. The average molecular weight is 214 g/mol. The Balaban J connectivity index is 0.000000151. The fourth-order valence-corrected chi connectivity index (χ4v) is 1.52. The fourth-order valence-electron chi connectivity index (χ4n) is 1.52. The van der Waals surface area contributed by atoms with Gasteiger partial charge in [-0.05, 0) is 12.8 Å². The van der Waals surface area contributed by atoms with Crippen LogP contribution >= 0.6 is 0 Å². The molecule has 0 saturated carbocycles. The van der Waals surface area contributed by atoms with E-state index in [1.54, 1.807) is 0 Å². The van der Waals surface area contributed by atoms with Gasteiger partial charge in [0, 0.05) is 0 Å². The molecule has 2 heterocycles. The SMILES string of the molecule is CCCCC1CO1.CCCCCC1CO1. The minimum Gasteiger partial charge on any atom is -0.373 e. The van der Waals surface area contributed by atoms with Crippen molar-refractivity contribution < 1.29 is 9.47 Å². The Hall–Kier alpha value is -0.0800. The third-order valence-corrected chi connectivity index (χ3v) is 2.81. The molecule has 2 aliphatic rings. The number of unbranched alkanes of at least 4 members (excludes halogenated alkanes) is 3. The van der Waals surface area contributed by atoms with Crippen molar-refractivity contribution in [2.45, 2.75) is 71.0 Å². The summed E-state index contributed by atoms with van der Waals surface area (Å²) in [5.41, 5.74) is 0. The van der Waals surface area contributed by atoms with E-state index in [2.05, 4.69) is 13.8 Å². The van der Waals surface area contributed by atoms with Crippen molar-refractivity contribution in [2.75, 3.05) is 13.2 Å². The zero-order chi connectivity index (χ0) is 10.9. The minimum atomic E-state index is 0.653. The van der Waals surface area contributed by atoms with Crippen LogP contribution in [0.2, 0.25) is 0 Å². The molecular formula is C13H26O2. The van der Waals surface area contributed by atoms with Crippen molar-refractivity contribution in [3.63, 3.8) is 0 Å². The Morgan fingerprint density at radius 1 is 0.800 bits per heavy atom. The van der Waals surface area contributed by atoms with E-state index in [1.807, 2.05) is 0 Å². The molecule has 2 saturated heterocycles. The maximum absolute atomic E-state index is 5.06. The zero-order valence-corrected chi connectivity index (χ0v) is 10.3.